The molecule has 1 atom stereocenters. The lowest BCUT2D eigenvalue weighted by Gasteiger charge is -2.33. The molecule has 0 aliphatic heterocycles. The van der Waals surface area contributed by atoms with Gasteiger partial charge in [0.15, 0.2) is 6.29 Å². The quantitative estimate of drug-likeness (QED) is 0.815. The van der Waals surface area contributed by atoms with Gasteiger partial charge in [0.1, 0.15) is 5.75 Å². The second kappa shape index (κ2) is 5.31. The molecule has 1 aromatic rings. The van der Waals surface area contributed by atoms with Crippen molar-refractivity contribution in [3.05, 3.63) is 29.8 Å². The Bertz CT molecular complexity index is 369. The van der Waals surface area contributed by atoms with Gasteiger partial charge in [-0.2, -0.15) is 0 Å². The van der Waals surface area contributed by atoms with Gasteiger partial charge in [0.2, 0.25) is 0 Å². The number of ether oxygens (including phenoxy) is 1. The average Bonchev–Trinajstić information content (AvgIpc) is 2.13. The summed E-state index contributed by atoms with van der Waals surface area (Å²) in [6, 6.07) is 8.02. The van der Waals surface area contributed by atoms with Crippen molar-refractivity contribution in [2.75, 3.05) is 0 Å². The van der Waals surface area contributed by atoms with Crippen molar-refractivity contribution < 1.29 is 9.84 Å². The van der Waals surface area contributed by atoms with Crippen molar-refractivity contribution >= 4 is 0 Å². The van der Waals surface area contributed by atoms with Crippen LogP contribution in [0.4, 0.5) is 0 Å². The van der Waals surface area contributed by atoms with Crippen LogP contribution in [0.3, 0.4) is 0 Å². The fourth-order valence-electron chi connectivity index (χ4n) is 2.61. The largest absolute Gasteiger partial charge is 0.465 e. The molecular formula is C16H26O2. The molecule has 2 nitrogen and oxygen atoms in total. The molecule has 1 N–H and O–H groups in total. The maximum absolute atomic E-state index is 9.17. The number of benzene rings is 1. The highest BCUT2D eigenvalue weighted by Gasteiger charge is 2.27. The van der Waals surface area contributed by atoms with E-state index in [0.717, 1.165) is 6.42 Å². The van der Waals surface area contributed by atoms with E-state index in [-0.39, 0.29) is 5.41 Å². The highest BCUT2D eigenvalue weighted by Crippen LogP contribution is 2.36. The van der Waals surface area contributed by atoms with Gasteiger partial charge in [-0.05, 0) is 41.9 Å². The smallest absolute Gasteiger partial charge is 0.194 e. The van der Waals surface area contributed by atoms with E-state index in [9.17, 15) is 0 Å². The monoisotopic (exact) mass is 250 g/mol. The third-order valence-electron chi connectivity index (χ3n) is 2.91. The minimum absolute atomic E-state index is 0.140. The number of hydrogen-bond donors (Lipinski definition) is 1. The SMILES string of the molecule is CC(O)Oc1ccc(C(C)(C)CC(C)(C)C)cc1. The van der Waals surface area contributed by atoms with Crippen LogP contribution in [0.25, 0.3) is 0 Å². The van der Waals surface area contributed by atoms with E-state index in [2.05, 4.69) is 46.8 Å². The Balaban J connectivity index is 2.84. The Kier molecular flexibility index (Phi) is 4.44. The Labute approximate surface area is 111 Å². The zero-order chi connectivity index (χ0) is 14.0. The molecule has 0 amide bonds. The molecule has 0 aliphatic carbocycles. The Morgan fingerprint density at radius 3 is 1.94 bits per heavy atom. The summed E-state index contributed by atoms with van der Waals surface area (Å²) >= 11 is 0. The van der Waals surface area contributed by atoms with Gasteiger partial charge in [0.05, 0.1) is 0 Å². The van der Waals surface area contributed by atoms with Gasteiger partial charge < -0.3 is 9.84 Å². The van der Waals surface area contributed by atoms with Crippen LogP contribution in [0.2, 0.25) is 0 Å². The lowest BCUT2D eigenvalue weighted by Crippen LogP contribution is -2.24. The molecule has 0 spiro atoms. The summed E-state index contributed by atoms with van der Waals surface area (Å²) < 4.78 is 5.24. The highest BCUT2D eigenvalue weighted by atomic mass is 16.6. The third-order valence-corrected chi connectivity index (χ3v) is 2.91. The second-order valence-electron chi connectivity index (χ2n) is 6.86. The van der Waals surface area contributed by atoms with E-state index in [1.165, 1.54) is 5.56 Å². The van der Waals surface area contributed by atoms with Gasteiger partial charge in [0, 0.05) is 0 Å². The first kappa shape index (κ1) is 15.0. The standard InChI is InChI=1S/C16H26O2/c1-12(17)18-14-9-7-13(8-10-14)16(5,6)11-15(2,3)4/h7-10,12,17H,11H2,1-6H3. The molecule has 1 unspecified atom stereocenters. The summed E-state index contributed by atoms with van der Waals surface area (Å²) in [7, 11) is 0. The van der Waals surface area contributed by atoms with E-state index >= 15 is 0 Å². The first-order valence-electron chi connectivity index (χ1n) is 6.55. The van der Waals surface area contributed by atoms with Crippen LogP contribution >= 0.6 is 0 Å². The maximum Gasteiger partial charge on any atom is 0.194 e. The lowest BCUT2D eigenvalue weighted by atomic mass is 9.72. The zero-order valence-electron chi connectivity index (χ0n) is 12.4. The summed E-state index contributed by atoms with van der Waals surface area (Å²) in [5, 5.41) is 9.17. The second-order valence-corrected chi connectivity index (χ2v) is 6.86. The van der Waals surface area contributed by atoms with E-state index in [1.54, 1.807) is 6.92 Å². The molecule has 18 heavy (non-hydrogen) atoms. The van der Waals surface area contributed by atoms with E-state index in [4.69, 9.17) is 9.84 Å². The molecule has 0 bridgehead atoms. The van der Waals surface area contributed by atoms with Gasteiger partial charge in [-0.1, -0.05) is 46.8 Å². The van der Waals surface area contributed by atoms with Gasteiger partial charge in [0.25, 0.3) is 0 Å². The van der Waals surface area contributed by atoms with E-state index in [1.807, 2.05) is 12.1 Å². The van der Waals surface area contributed by atoms with Crippen LogP contribution < -0.4 is 4.74 Å². The normalized spacial score (nSPS) is 14.4. The van der Waals surface area contributed by atoms with Crippen LogP contribution in [0.5, 0.6) is 5.75 Å². The molecule has 1 rings (SSSR count). The van der Waals surface area contributed by atoms with Gasteiger partial charge in [-0.3, -0.25) is 0 Å². The topological polar surface area (TPSA) is 29.5 Å². The predicted molar refractivity (Wildman–Crippen MR) is 75.8 cm³/mol. The van der Waals surface area contributed by atoms with Crippen LogP contribution in [-0.4, -0.2) is 11.4 Å². The number of aliphatic hydroxyl groups is 1. The van der Waals surface area contributed by atoms with Gasteiger partial charge in [-0.25, -0.2) is 0 Å². The molecule has 1 aromatic carbocycles. The summed E-state index contributed by atoms with van der Waals surface area (Å²) in [6.07, 6.45) is 0.356. The molecule has 0 aromatic heterocycles. The average molecular weight is 250 g/mol. The van der Waals surface area contributed by atoms with E-state index in [0.29, 0.717) is 11.2 Å². The van der Waals surface area contributed by atoms with Crippen molar-refractivity contribution in [1.82, 2.24) is 0 Å². The molecule has 0 radical (unpaired) electrons. The molecular weight excluding hydrogens is 224 g/mol. The molecule has 0 heterocycles. The Morgan fingerprint density at radius 2 is 1.56 bits per heavy atom. The van der Waals surface area contributed by atoms with Crippen LogP contribution in [-0.2, 0) is 5.41 Å². The van der Waals surface area contributed by atoms with Crippen molar-refractivity contribution in [2.45, 2.75) is 59.7 Å². The molecule has 0 saturated heterocycles. The van der Waals surface area contributed by atoms with E-state index < -0.39 is 6.29 Å². The van der Waals surface area contributed by atoms with Crippen molar-refractivity contribution in [2.24, 2.45) is 5.41 Å². The minimum atomic E-state index is -0.765. The summed E-state index contributed by atoms with van der Waals surface area (Å²) in [5.41, 5.74) is 1.75. The first-order chi connectivity index (χ1) is 8.10. The summed E-state index contributed by atoms with van der Waals surface area (Å²) in [4.78, 5) is 0. The maximum atomic E-state index is 9.17. The Morgan fingerprint density at radius 1 is 1.06 bits per heavy atom. The minimum Gasteiger partial charge on any atom is -0.465 e. The summed E-state index contributed by atoms with van der Waals surface area (Å²) in [5.74, 6) is 0.709. The van der Waals surface area contributed by atoms with Gasteiger partial charge >= 0.3 is 0 Å². The number of hydrogen-bond acceptors (Lipinski definition) is 2. The number of rotatable bonds is 4. The van der Waals surface area contributed by atoms with Gasteiger partial charge in [-0.15, -0.1) is 0 Å². The predicted octanol–water partition coefficient (Wildman–Crippen LogP) is 4.12. The summed E-state index contributed by atoms with van der Waals surface area (Å²) in [6.45, 7) is 12.9. The zero-order valence-corrected chi connectivity index (χ0v) is 12.4. The molecule has 2 heteroatoms. The van der Waals surface area contributed by atoms with Crippen LogP contribution in [0, 0.1) is 5.41 Å². The lowest BCUT2D eigenvalue weighted by molar-refractivity contribution is -0.000311. The number of aliphatic hydroxyl groups excluding tert-OH is 1. The van der Waals surface area contributed by atoms with Crippen LogP contribution in [0.1, 0.15) is 53.5 Å². The van der Waals surface area contributed by atoms with Crippen molar-refractivity contribution in [1.29, 1.82) is 0 Å². The molecule has 0 aliphatic rings. The molecule has 102 valence electrons. The Hall–Kier alpha value is -1.02. The first-order valence-corrected chi connectivity index (χ1v) is 6.55. The highest BCUT2D eigenvalue weighted by molar-refractivity contribution is 5.31. The fraction of sp³-hybridized carbons (Fsp3) is 0.625. The van der Waals surface area contributed by atoms with Crippen LogP contribution in [0.15, 0.2) is 24.3 Å². The third kappa shape index (κ3) is 4.69. The van der Waals surface area contributed by atoms with Crippen molar-refractivity contribution in [3.63, 3.8) is 0 Å². The molecule has 0 fully saturated rings. The van der Waals surface area contributed by atoms with Crippen molar-refractivity contribution in [3.8, 4) is 5.75 Å². The molecule has 0 saturated carbocycles. The fourth-order valence-corrected chi connectivity index (χ4v) is 2.61.